The SMILES string of the molecule is Cc1nn(Cc2ccccc2)c2c1[C@@H](c1ccc(Cl)cc1)C1=C(CCCC1=O)O2. The lowest BCUT2D eigenvalue weighted by Gasteiger charge is -2.31. The number of carbonyl (C=O) groups is 1. The number of carbonyl (C=O) groups excluding carboxylic acids is 1. The monoisotopic (exact) mass is 404 g/mol. The molecule has 0 fully saturated rings. The lowest BCUT2D eigenvalue weighted by Crippen LogP contribution is -2.26. The molecule has 0 saturated heterocycles. The zero-order valence-electron chi connectivity index (χ0n) is 16.2. The van der Waals surface area contributed by atoms with E-state index in [2.05, 4.69) is 12.1 Å². The van der Waals surface area contributed by atoms with Crippen molar-refractivity contribution in [3.63, 3.8) is 0 Å². The Morgan fingerprint density at radius 2 is 1.86 bits per heavy atom. The number of rotatable bonds is 3. The summed E-state index contributed by atoms with van der Waals surface area (Å²) >= 11 is 6.12. The van der Waals surface area contributed by atoms with Crippen molar-refractivity contribution < 1.29 is 9.53 Å². The molecule has 0 unspecified atom stereocenters. The molecule has 0 bridgehead atoms. The highest BCUT2D eigenvalue weighted by atomic mass is 35.5. The average molecular weight is 405 g/mol. The molecule has 2 aliphatic rings. The Balaban J connectivity index is 1.66. The third-order valence-corrected chi connectivity index (χ3v) is 5.96. The molecule has 1 atom stereocenters. The maximum absolute atomic E-state index is 12.9. The van der Waals surface area contributed by atoms with Gasteiger partial charge in [0.1, 0.15) is 5.76 Å². The van der Waals surface area contributed by atoms with E-state index in [1.165, 1.54) is 0 Å². The molecule has 5 rings (SSSR count). The number of hydrogen-bond acceptors (Lipinski definition) is 3. The molecule has 146 valence electrons. The van der Waals surface area contributed by atoms with E-state index in [9.17, 15) is 4.79 Å². The van der Waals surface area contributed by atoms with Crippen molar-refractivity contribution in [3.8, 4) is 5.88 Å². The normalized spacial score (nSPS) is 18.3. The van der Waals surface area contributed by atoms with Gasteiger partial charge in [-0.15, -0.1) is 0 Å². The molecule has 1 aromatic heterocycles. The Bertz CT molecular complexity index is 1110. The van der Waals surface area contributed by atoms with E-state index in [-0.39, 0.29) is 11.7 Å². The van der Waals surface area contributed by atoms with Gasteiger partial charge in [-0.1, -0.05) is 54.1 Å². The summed E-state index contributed by atoms with van der Waals surface area (Å²) in [5.74, 6) is 1.55. The molecule has 1 aliphatic carbocycles. The van der Waals surface area contributed by atoms with E-state index in [0.717, 1.165) is 52.4 Å². The molecule has 0 spiro atoms. The van der Waals surface area contributed by atoms with Crippen LogP contribution in [0.2, 0.25) is 5.02 Å². The number of aromatic nitrogens is 2. The molecule has 3 aromatic rings. The highest BCUT2D eigenvalue weighted by molar-refractivity contribution is 6.30. The van der Waals surface area contributed by atoms with Gasteiger partial charge >= 0.3 is 0 Å². The fraction of sp³-hybridized carbons (Fsp3) is 0.250. The molecule has 2 aromatic carbocycles. The highest BCUT2D eigenvalue weighted by Crippen LogP contribution is 2.48. The van der Waals surface area contributed by atoms with Crippen molar-refractivity contribution in [1.82, 2.24) is 9.78 Å². The molecule has 5 heteroatoms. The van der Waals surface area contributed by atoms with Crippen LogP contribution in [0, 0.1) is 6.92 Å². The molecule has 0 amide bonds. The fourth-order valence-electron chi connectivity index (χ4n) is 4.39. The van der Waals surface area contributed by atoms with Crippen molar-refractivity contribution >= 4 is 17.4 Å². The predicted octanol–water partition coefficient (Wildman–Crippen LogP) is 5.42. The Hall–Kier alpha value is -2.85. The topological polar surface area (TPSA) is 44.1 Å². The van der Waals surface area contributed by atoms with Crippen LogP contribution in [-0.4, -0.2) is 15.6 Å². The van der Waals surface area contributed by atoms with Crippen LogP contribution in [0.25, 0.3) is 0 Å². The second kappa shape index (κ2) is 7.20. The molecular weight excluding hydrogens is 384 g/mol. The van der Waals surface area contributed by atoms with Crippen LogP contribution in [0.4, 0.5) is 0 Å². The van der Waals surface area contributed by atoms with E-state index in [1.807, 2.05) is 54.1 Å². The van der Waals surface area contributed by atoms with Crippen LogP contribution in [-0.2, 0) is 11.3 Å². The van der Waals surface area contributed by atoms with Gasteiger partial charge in [-0.2, -0.15) is 5.10 Å². The van der Waals surface area contributed by atoms with E-state index in [1.54, 1.807) is 0 Å². The predicted molar refractivity (Wildman–Crippen MR) is 112 cm³/mol. The largest absolute Gasteiger partial charge is 0.443 e. The van der Waals surface area contributed by atoms with Crippen molar-refractivity contribution in [2.75, 3.05) is 0 Å². The number of benzene rings is 2. The third-order valence-electron chi connectivity index (χ3n) is 5.71. The van der Waals surface area contributed by atoms with E-state index >= 15 is 0 Å². The summed E-state index contributed by atoms with van der Waals surface area (Å²) in [5.41, 5.74) is 4.86. The van der Waals surface area contributed by atoms with Gasteiger partial charge in [-0.05, 0) is 36.6 Å². The number of allylic oxidation sites excluding steroid dienone is 2. The second-order valence-corrected chi connectivity index (χ2v) is 8.08. The molecule has 4 nitrogen and oxygen atoms in total. The van der Waals surface area contributed by atoms with Crippen molar-refractivity contribution in [2.24, 2.45) is 0 Å². The zero-order valence-corrected chi connectivity index (χ0v) is 16.9. The minimum absolute atomic E-state index is 0.164. The molecular formula is C24H21ClN2O2. The minimum atomic E-state index is -0.164. The first kappa shape index (κ1) is 18.2. The van der Waals surface area contributed by atoms with E-state index in [4.69, 9.17) is 21.4 Å². The number of aryl methyl sites for hydroxylation is 1. The van der Waals surface area contributed by atoms with Crippen LogP contribution < -0.4 is 4.74 Å². The van der Waals surface area contributed by atoms with Gasteiger partial charge < -0.3 is 4.74 Å². The number of Topliss-reactive ketones (excluding diaryl/α,β-unsaturated/α-hetero) is 1. The van der Waals surface area contributed by atoms with E-state index < -0.39 is 0 Å². The molecule has 0 radical (unpaired) electrons. The zero-order chi connectivity index (χ0) is 20.0. The van der Waals surface area contributed by atoms with Gasteiger partial charge in [0, 0.05) is 34.9 Å². The summed E-state index contributed by atoms with van der Waals surface area (Å²) in [6.45, 7) is 2.62. The summed E-state index contributed by atoms with van der Waals surface area (Å²) in [7, 11) is 0. The summed E-state index contributed by atoms with van der Waals surface area (Å²) < 4.78 is 8.26. The van der Waals surface area contributed by atoms with Gasteiger partial charge in [-0.3, -0.25) is 4.79 Å². The number of ketones is 1. The molecule has 0 N–H and O–H groups in total. The Kier molecular flexibility index (Phi) is 4.51. The lowest BCUT2D eigenvalue weighted by atomic mass is 9.77. The summed E-state index contributed by atoms with van der Waals surface area (Å²) in [4.78, 5) is 12.9. The third kappa shape index (κ3) is 3.18. The van der Waals surface area contributed by atoms with Crippen LogP contribution in [0.3, 0.4) is 0 Å². The lowest BCUT2D eigenvalue weighted by molar-refractivity contribution is -0.116. The number of halogens is 1. The first-order chi connectivity index (χ1) is 14.1. The molecule has 2 heterocycles. The van der Waals surface area contributed by atoms with Gasteiger partial charge in [0.25, 0.3) is 0 Å². The number of ether oxygens (including phenoxy) is 1. The van der Waals surface area contributed by atoms with Gasteiger partial charge in [0.05, 0.1) is 12.2 Å². The van der Waals surface area contributed by atoms with Crippen molar-refractivity contribution in [2.45, 2.75) is 38.6 Å². The molecule has 1 aliphatic heterocycles. The quantitative estimate of drug-likeness (QED) is 0.585. The van der Waals surface area contributed by atoms with Crippen LogP contribution in [0.1, 0.15) is 47.6 Å². The van der Waals surface area contributed by atoms with Gasteiger partial charge in [0.15, 0.2) is 5.78 Å². The van der Waals surface area contributed by atoms with Crippen molar-refractivity contribution in [3.05, 3.63) is 93.3 Å². The van der Waals surface area contributed by atoms with Crippen LogP contribution >= 0.6 is 11.6 Å². The van der Waals surface area contributed by atoms with Gasteiger partial charge in [-0.25, -0.2) is 4.68 Å². The van der Waals surface area contributed by atoms with Crippen LogP contribution in [0.5, 0.6) is 5.88 Å². The number of fused-ring (bicyclic) bond motifs is 1. The number of nitrogens with zero attached hydrogens (tertiary/aromatic N) is 2. The first-order valence-electron chi connectivity index (χ1n) is 9.92. The average Bonchev–Trinajstić information content (AvgIpc) is 3.03. The maximum atomic E-state index is 12.9. The summed E-state index contributed by atoms with van der Waals surface area (Å²) in [6, 6.07) is 18.0. The second-order valence-electron chi connectivity index (χ2n) is 7.65. The van der Waals surface area contributed by atoms with Crippen LogP contribution in [0.15, 0.2) is 65.9 Å². The smallest absolute Gasteiger partial charge is 0.222 e. The van der Waals surface area contributed by atoms with E-state index in [0.29, 0.717) is 18.0 Å². The van der Waals surface area contributed by atoms with Crippen molar-refractivity contribution in [1.29, 1.82) is 0 Å². The summed E-state index contributed by atoms with van der Waals surface area (Å²) in [6.07, 6.45) is 2.17. The maximum Gasteiger partial charge on any atom is 0.222 e. The standard InChI is InChI=1S/C24H21ClN2O2/c1-15-21-22(17-10-12-18(25)13-11-17)23-19(28)8-5-9-20(23)29-24(21)27(26-15)14-16-6-3-2-4-7-16/h2-4,6-7,10-13,22H,5,8-9,14H2,1H3/t22-/m1/s1. The summed E-state index contributed by atoms with van der Waals surface area (Å²) in [5, 5.41) is 5.47. The molecule has 0 saturated carbocycles. The van der Waals surface area contributed by atoms with Gasteiger partial charge in [0.2, 0.25) is 5.88 Å². The minimum Gasteiger partial charge on any atom is -0.443 e. The molecule has 29 heavy (non-hydrogen) atoms. The Morgan fingerprint density at radius 3 is 2.62 bits per heavy atom. The first-order valence-corrected chi connectivity index (χ1v) is 10.3. The Labute approximate surface area is 174 Å². The fourth-order valence-corrected chi connectivity index (χ4v) is 4.52. The highest BCUT2D eigenvalue weighted by Gasteiger charge is 2.40. The Morgan fingerprint density at radius 1 is 1.10 bits per heavy atom. The number of hydrogen-bond donors (Lipinski definition) is 0.